The summed E-state index contributed by atoms with van der Waals surface area (Å²) in [6.45, 7) is 0. The van der Waals surface area contributed by atoms with Gasteiger partial charge in [0.1, 0.15) is 16.6 Å². The van der Waals surface area contributed by atoms with Gasteiger partial charge >= 0.3 is 0 Å². The van der Waals surface area contributed by atoms with Crippen molar-refractivity contribution < 1.29 is 8.78 Å². The van der Waals surface area contributed by atoms with Crippen molar-refractivity contribution in [1.82, 2.24) is 4.98 Å². The normalized spacial score (nSPS) is 10.8. The number of rotatable bonds is 4. The Morgan fingerprint density at radius 1 is 0.952 bits per heavy atom. The van der Waals surface area contributed by atoms with E-state index in [4.69, 9.17) is 0 Å². The zero-order chi connectivity index (χ0) is 14.7. The van der Waals surface area contributed by atoms with Crippen molar-refractivity contribution in [2.24, 2.45) is 0 Å². The SMILES string of the molecule is Fc1cccc(F)c1-c1nc(CSc2ccccc2)cs1. The molecule has 0 N–H and O–H groups in total. The molecule has 0 atom stereocenters. The minimum Gasteiger partial charge on any atom is -0.240 e. The number of hydrogen-bond acceptors (Lipinski definition) is 3. The van der Waals surface area contributed by atoms with E-state index in [9.17, 15) is 8.78 Å². The summed E-state index contributed by atoms with van der Waals surface area (Å²) in [7, 11) is 0. The van der Waals surface area contributed by atoms with E-state index in [0.717, 1.165) is 10.6 Å². The molecular weight excluding hydrogens is 308 g/mol. The van der Waals surface area contributed by atoms with Gasteiger partial charge in [-0.25, -0.2) is 13.8 Å². The third kappa shape index (κ3) is 3.31. The Bertz CT molecular complexity index is 721. The molecule has 5 heteroatoms. The molecule has 0 radical (unpaired) electrons. The Kier molecular flexibility index (Phi) is 4.31. The third-order valence-corrected chi connectivity index (χ3v) is 4.81. The minimum atomic E-state index is -0.577. The lowest BCUT2D eigenvalue weighted by atomic mass is 10.2. The van der Waals surface area contributed by atoms with Crippen molar-refractivity contribution in [2.75, 3.05) is 0 Å². The lowest BCUT2D eigenvalue weighted by Gasteiger charge is -2.00. The highest BCUT2D eigenvalue weighted by Crippen LogP contribution is 2.31. The van der Waals surface area contributed by atoms with E-state index >= 15 is 0 Å². The molecule has 3 aromatic rings. The molecule has 1 aromatic heterocycles. The first kappa shape index (κ1) is 14.2. The number of benzene rings is 2. The predicted octanol–water partition coefficient (Wildman–Crippen LogP) is 5.38. The van der Waals surface area contributed by atoms with Crippen molar-refractivity contribution in [1.29, 1.82) is 0 Å². The van der Waals surface area contributed by atoms with Gasteiger partial charge in [-0.15, -0.1) is 23.1 Å². The molecule has 0 bridgehead atoms. The predicted molar refractivity (Wildman–Crippen MR) is 83.5 cm³/mol. The number of nitrogens with zero attached hydrogens (tertiary/aromatic N) is 1. The summed E-state index contributed by atoms with van der Waals surface area (Å²) in [6.07, 6.45) is 0. The molecule has 3 rings (SSSR count). The van der Waals surface area contributed by atoms with Crippen LogP contribution in [-0.2, 0) is 5.75 Å². The number of thioether (sulfide) groups is 1. The van der Waals surface area contributed by atoms with Crippen LogP contribution >= 0.6 is 23.1 Å². The smallest absolute Gasteiger partial charge is 0.136 e. The summed E-state index contributed by atoms with van der Waals surface area (Å²) in [5, 5.41) is 2.23. The zero-order valence-corrected chi connectivity index (χ0v) is 12.6. The van der Waals surface area contributed by atoms with Crippen LogP contribution in [0.2, 0.25) is 0 Å². The fraction of sp³-hybridized carbons (Fsp3) is 0.0625. The lowest BCUT2D eigenvalue weighted by Crippen LogP contribution is -1.89. The van der Waals surface area contributed by atoms with E-state index in [0.29, 0.717) is 10.8 Å². The number of halogens is 2. The van der Waals surface area contributed by atoms with Gasteiger partial charge in [0.05, 0.1) is 11.3 Å². The van der Waals surface area contributed by atoms with Crippen molar-refractivity contribution in [3.05, 3.63) is 71.2 Å². The van der Waals surface area contributed by atoms with Crippen LogP contribution in [0, 0.1) is 11.6 Å². The van der Waals surface area contributed by atoms with Crippen molar-refractivity contribution >= 4 is 23.1 Å². The van der Waals surface area contributed by atoms with E-state index < -0.39 is 11.6 Å². The molecule has 0 aliphatic heterocycles. The quantitative estimate of drug-likeness (QED) is 0.599. The van der Waals surface area contributed by atoms with Gasteiger partial charge in [0.2, 0.25) is 0 Å². The average molecular weight is 319 g/mol. The fourth-order valence-electron chi connectivity index (χ4n) is 1.86. The molecular formula is C16H11F2NS2. The molecule has 0 spiro atoms. The van der Waals surface area contributed by atoms with Crippen LogP contribution in [-0.4, -0.2) is 4.98 Å². The van der Waals surface area contributed by atoms with Crippen LogP contribution in [0.4, 0.5) is 8.78 Å². The van der Waals surface area contributed by atoms with E-state index in [1.807, 2.05) is 35.7 Å². The minimum absolute atomic E-state index is 0.0431. The summed E-state index contributed by atoms with van der Waals surface area (Å²) in [5.74, 6) is -0.477. The topological polar surface area (TPSA) is 12.9 Å². The van der Waals surface area contributed by atoms with Gasteiger partial charge in [0.25, 0.3) is 0 Å². The first-order valence-corrected chi connectivity index (χ1v) is 8.17. The largest absolute Gasteiger partial charge is 0.240 e. The standard InChI is InChI=1S/C16H11F2NS2/c17-13-7-4-8-14(18)15(13)16-19-11(10-21-16)9-20-12-5-2-1-3-6-12/h1-8,10H,9H2. The van der Waals surface area contributed by atoms with Crippen molar-refractivity contribution in [3.63, 3.8) is 0 Å². The Morgan fingerprint density at radius 2 is 1.67 bits per heavy atom. The van der Waals surface area contributed by atoms with Gasteiger partial charge in [0, 0.05) is 16.0 Å². The highest BCUT2D eigenvalue weighted by molar-refractivity contribution is 7.98. The molecule has 0 fully saturated rings. The Balaban J connectivity index is 1.78. The number of thiazole rings is 1. The molecule has 0 unspecified atom stereocenters. The molecule has 0 aliphatic carbocycles. The maximum atomic E-state index is 13.7. The van der Waals surface area contributed by atoms with Gasteiger partial charge in [-0.05, 0) is 24.3 Å². The second kappa shape index (κ2) is 6.37. The summed E-state index contributed by atoms with van der Waals surface area (Å²) < 4.78 is 27.4. The number of hydrogen-bond donors (Lipinski definition) is 0. The molecule has 0 saturated heterocycles. The fourth-order valence-corrected chi connectivity index (χ4v) is 3.65. The van der Waals surface area contributed by atoms with Crippen molar-refractivity contribution in [3.8, 4) is 10.6 Å². The molecule has 106 valence electrons. The molecule has 0 aliphatic rings. The summed E-state index contributed by atoms with van der Waals surface area (Å²) in [4.78, 5) is 5.48. The Hall–Kier alpha value is -1.72. The van der Waals surface area contributed by atoms with E-state index in [1.54, 1.807) is 11.8 Å². The van der Waals surface area contributed by atoms with Gasteiger partial charge in [-0.2, -0.15) is 0 Å². The Labute approximate surface area is 129 Å². The third-order valence-electron chi connectivity index (χ3n) is 2.86. The molecule has 1 nitrogen and oxygen atoms in total. The summed E-state index contributed by atoms with van der Waals surface area (Å²) >= 11 is 2.91. The first-order chi connectivity index (χ1) is 10.2. The first-order valence-electron chi connectivity index (χ1n) is 6.30. The van der Waals surface area contributed by atoms with Gasteiger partial charge in [-0.1, -0.05) is 24.3 Å². The molecule has 21 heavy (non-hydrogen) atoms. The van der Waals surface area contributed by atoms with Crippen LogP contribution in [0.15, 0.2) is 58.8 Å². The van der Waals surface area contributed by atoms with Crippen LogP contribution in [0.25, 0.3) is 10.6 Å². The van der Waals surface area contributed by atoms with Crippen LogP contribution in [0.3, 0.4) is 0 Å². The van der Waals surface area contributed by atoms with Gasteiger partial charge in [-0.3, -0.25) is 0 Å². The highest BCUT2D eigenvalue weighted by Gasteiger charge is 2.14. The van der Waals surface area contributed by atoms with Crippen molar-refractivity contribution in [2.45, 2.75) is 10.6 Å². The van der Waals surface area contributed by atoms with Gasteiger partial charge < -0.3 is 0 Å². The lowest BCUT2D eigenvalue weighted by molar-refractivity contribution is 0.589. The molecule has 1 heterocycles. The highest BCUT2D eigenvalue weighted by atomic mass is 32.2. The second-order valence-corrected chi connectivity index (χ2v) is 6.25. The second-order valence-electron chi connectivity index (χ2n) is 4.34. The van der Waals surface area contributed by atoms with E-state index in [1.165, 1.54) is 29.5 Å². The molecule has 0 amide bonds. The Morgan fingerprint density at radius 3 is 2.38 bits per heavy atom. The molecule has 2 aromatic carbocycles. The van der Waals surface area contributed by atoms with E-state index in [-0.39, 0.29) is 5.56 Å². The molecule has 0 saturated carbocycles. The van der Waals surface area contributed by atoms with E-state index in [2.05, 4.69) is 4.98 Å². The van der Waals surface area contributed by atoms with Crippen LogP contribution in [0.5, 0.6) is 0 Å². The summed E-state index contributed by atoms with van der Waals surface area (Å²) in [6, 6.07) is 13.8. The van der Waals surface area contributed by atoms with Crippen LogP contribution < -0.4 is 0 Å². The maximum absolute atomic E-state index is 13.7. The van der Waals surface area contributed by atoms with Crippen LogP contribution in [0.1, 0.15) is 5.69 Å². The zero-order valence-electron chi connectivity index (χ0n) is 10.9. The maximum Gasteiger partial charge on any atom is 0.136 e. The van der Waals surface area contributed by atoms with Gasteiger partial charge in [0.15, 0.2) is 0 Å². The number of aromatic nitrogens is 1. The average Bonchev–Trinajstić information content (AvgIpc) is 2.95. The monoisotopic (exact) mass is 319 g/mol. The summed E-state index contributed by atoms with van der Waals surface area (Å²) in [5.41, 5.74) is 0.782.